The highest BCUT2D eigenvalue weighted by Crippen LogP contribution is 2.33. The van der Waals surface area contributed by atoms with Gasteiger partial charge in [-0.3, -0.25) is 0 Å². The van der Waals surface area contributed by atoms with Gasteiger partial charge in [-0.05, 0) is 50.0 Å². The molecule has 2 rings (SSSR count). The van der Waals surface area contributed by atoms with Crippen LogP contribution in [0, 0.1) is 5.92 Å². The fourth-order valence-electron chi connectivity index (χ4n) is 2.11. The zero-order valence-electron chi connectivity index (χ0n) is 10.6. The van der Waals surface area contributed by atoms with Crippen LogP contribution in [-0.2, 0) is 11.3 Å². The number of hydrogen-bond acceptors (Lipinski definition) is 2. The summed E-state index contributed by atoms with van der Waals surface area (Å²) in [6.07, 6.45) is 7.26. The molecule has 0 aromatic heterocycles. The lowest BCUT2D eigenvalue weighted by molar-refractivity contribution is 0.211. The molecule has 1 saturated carbocycles. The average molecular weight is 231 g/mol. The Balaban J connectivity index is 1.73. The van der Waals surface area contributed by atoms with Gasteiger partial charge in [0.1, 0.15) is 7.11 Å². The van der Waals surface area contributed by atoms with Gasteiger partial charge in [-0.15, -0.1) is 0 Å². The lowest BCUT2D eigenvalue weighted by Gasteiger charge is -2.05. The second-order valence-electron chi connectivity index (χ2n) is 4.83. The van der Waals surface area contributed by atoms with Crippen molar-refractivity contribution >= 4 is 5.71 Å². The second-order valence-corrected chi connectivity index (χ2v) is 4.83. The van der Waals surface area contributed by atoms with Gasteiger partial charge in [0.15, 0.2) is 0 Å². The Labute approximate surface area is 104 Å². The van der Waals surface area contributed by atoms with Crippen LogP contribution in [0.4, 0.5) is 0 Å². The SMILES string of the molecule is CO/N=C(/CCCc1ccccc1)CC1CC1. The van der Waals surface area contributed by atoms with Gasteiger partial charge in [0.2, 0.25) is 0 Å². The molecule has 17 heavy (non-hydrogen) atoms. The molecule has 1 aromatic carbocycles. The molecule has 0 radical (unpaired) electrons. The molecule has 0 atom stereocenters. The summed E-state index contributed by atoms with van der Waals surface area (Å²) < 4.78 is 0. The zero-order valence-corrected chi connectivity index (χ0v) is 10.6. The van der Waals surface area contributed by atoms with Crippen molar-refractivity contribution in [2.75, 3.05) is 7.11 Å². The van der Waals surface area contributed by atoms with Gasteiger partial charge >= 0.3 is 0 Å². The molecule has 0 bridgehead atoms. The van der Waals surface area contributed by atoms with Crippen LogP contribution in [0.25, 0.3) is 0 Å². The molecule has 0 aliphatic heterocycles. The summed E-state index contributed by atoms with van der Waals surface area (Å²) in [7, 11) is 1.64. The zero-order chi connectivity index (χ0) is 11.9. The number of hydrogen-bond donors (Lipinski definition) is 0. The van der Waals surface area contributed by atoms with Crippen molar-refractivity contribution in [2.24, 2.45) is 11.1 Å². The number of aryl methyl sites for hydroxylation is 1. The first-order valence-electron chi connectivity index (χ1n) is 6.51. The fraction of sp³-hybridized carbons (Fsp3) is 0.533. The van der Waals surface area contributed by atoms with E-state index in [4.69, 9.17) is 4.84 Å². The van der Waals surface area contributed by atoms with Crippen LogP contribution in [0.3, 0.4) is 0 Å². The molecule has 1 aliphatic rings. The van der Waals surface area contributed by atoms with E-state index in [0.717, 1.165) is 25.2 Å². The van der Waals surface area contributed by atoms with Crippen molar-refractivity contribution in [2.45, 2.75) is 38.5 Å². The van der Waals surface area contributed by atoms with Crippen molar-refractivity contribution in [3.63, 3.8) is 0 Å². The topological polar surface area (TPSA) is 21.6 Å². The lowest BCUT2D eigenvalue weighted by atomic mass is 10.0. The summed E-state index contributed by atoms with van der Waals surface area (Å²) in [6, 6.07) is 10.6. The first kappa shape index (κ1) is 12.2. The van der Waals surface area contributed by atoms with Crippen LogP contribution < -0.4 is 0 Å². The van der Waals surface area contributed by atoms with Gasteiger partial charge in [0.25, 0.3) is 0 Å². The van der Waals surface area contributed by atoms with E-state index < -0.39 is 0 Å². The summed E-state index contributed by atoms with van der Waals surface area (Å²) in [6.45, 7) is 0. The summed E-state index contributed by atoms with van der Waals surface area (Å²) >= 11 is 0. The smallest absolute Gasteiger partial charge is 0.106 e. The van der Waals surface area contributed by atoms with E-state index in [1.54, 1.807) is 7.11 Å². The van der Waals surface area contributed by atoms with Gasteiger partial charge in [-0.2, -0.15) is 0 Å². The van der Waals surface area contributed by atoms with Gasteiger partial charge in [0, 0.05) is 0 Å². The maximum Gasteiger partial charge on any atom is 0.106 e. The van der Waals surface area contributed by atoms with E-state index in [1.807, 2.05) is 0 Å². The first-order valence-corrected chi connectivity index (χ1v) is 6.51. The minimum atomic E-state index is 0.889. The van der Waals surface area contributed by atoms with Gasteiger partial charge < -0.3 is 4.84 Å². The molecule has 0 amide bonds. The van der Waals surface area contributed by atoms with Gasteiger partial charge in [-0.1, -0.05) is 35.5 Å². The number of benzene rings is 1. The minimum Gasteiger partial charge on any atom is -0.399 e. The summed E-state index contributed by atoms with van der Waals surface area (Å²) in [4.78, 5) is 4.92. The van der Waals surface area contributed by atoms with Gasteiger partial charge in [0.05, 0.1) is 5.71 Å². The minimum absolute atomic E-state index is 0.889. The van der Waals surface area contributed by atoms with E-state index >= 15 is 0 Å². The Morgan fingerprint density at radius 1 is 1.29 bits per heavy atom. The van der Waals surface area contributed by atoms with Crippen LogP contribution in [0.5, 0.6) is 0 Å². The highest BCUT2D eigenvalue weighted by Gasteiger charge is 2.23. The number of nitrogens with zero attached hydrogens (tertiary/aromatic N) is 1. The van der Waals surface area contributed by atoms with Gasteiger partial charge in [-0.25, -0.2) is 0 Å². The van der Waals surface area contributed by atoms with Crippen molar-refractivity contribution in [1.82, 2.24) is 0 Å². The Kier molecular flexibility index (Phi) is 4.60. The molecular formula is C15H21NO. The number of rotatable bonds is 7. The molecule has 2 heteroatoms. The highest BCUT2D eigenvalue weighted by molar-refractivity contribution is 5.84. The van der Waals surface area contributed by atoms with Crippen molar-refractivity contribution < 1.29 is 4.84 Å². The van der Waals surface area contributed by atoms with E-state index in [9.17, 15) is 0 Å². The Morgan fingerprint density at radius 3 is 2.71 bits per heavy atom. The standard InChI is InChI=1S/C15H21NO/c1-17-16-15(12-14-10-11-14)9-5-8-13-6-3-2-4-7-13/h2-4,6-7,14H,5,8-12H2,1H3/b16-15-. The maximum atomic E-state index is 4.92. The van der Waals surface area contributed by atoms with Crippen LogP contribution in [0.1, 0.15) is 37.7 Å². The molecular weight excluding hydrogens is 210 g/mol. The second kappa shape index (κ2) is 6.43. The molecule has 1 aromatic rings. The fourth-order valence-corrected chi connectivity index (χ4v) is 2.11. The Morgan fingerprint density at radius 2 is 2.06 bits per heavy atom. The van der Waals surface area contributed by atoms with E-state index in [-0.39, 0.29) is 0 Å². The average Bonchev–Trinajstić information content (AvgIpc) is 3.15. The molecule has 0 spiro atoms. The summed E-state index contributed by atoms with van der Waals surface area (Å²) in [5.41, 5.74) is 2.65. The molecule has 92 valence electrons. The summed E-state index contributed by atoms with van der Waals surface area (Å²) in [5, 5.41) is 4.15. The normalized spacial score (nSPS) is 15.9. The van der Waals surface area contributed by atoms with Crippen molar-refractivity contribution in [3.8, 4) is 0 Å². The van der Waals surface area contributed by atoms with Crippen LogP contribution in [-0.4, -0.2) is 12.8 Å². The maximum absolute atomic E-state index is 4.92. The van der Waals surface area contributed by atoms with Crippen LogP contribution >= 0.6 is 0 Å². The van der Waals surface area contributed by atoms with Crippen molar-refractivity contribution in [1.29, 1.82) is 0 Å². The molecule has 0 unspecified atom stereocenters. The monoisotopic (exact) mass is 231 g/mol. The third kappa shape index (κ3) is 4.59. The predicted octanol–water partition coefficient (Wildman–Crippen LogP) is 3.81. The van der Waals surface area contributed by atoms with E-state index in [2.05, 4.69) is 35.5 Å². The first-order chi connectivity index (χ1) is 8.38. The number of oxime groups is 1. The molecule has 1 aliphatic carbocycles. The van der Waals surface area contributed by atoms with Crippen LogP contribution in [0.2, 0.25) is 0 Å². The van der Waals surface area contributed by atoms with E-state index in [0.29, 0.717) is 0 Å². The predicted molar refractivity (Wildman–Crippen MR) is 71.2 cm³/mol. The molecule has 2 nitrogen and oxygen atoms in total. The van der Waals surface area contributed by atoms with E-state index in [1.165, 1.54) is 30.5 Å². The summed E-state index contributed by atoms with van der Waals surface area (Å²) in [5.74, 6) is 0.889. The van der Waals surface area contributed by atoms with Crippen LogP contribution in [0.15, 0.2) is 35.5 Å². The third-order valence-electron chi connectivity index (χ3n) is 3.22. The highest BCUT2D eigenvalue weighted by atomic mass is 16.6. The van der Waals surface area contributed by atoms with Crippen molar-refractivity contribution in [3.05, 3.63) is 35.9 Å². The molecule has 0 N–H and O–H groups in total. The largest absolute Gasteiger partial charge is 0.399 e. The molecule has 1 fully saturated rings. The molecule has 0 saturated heterocycles. The molecule has 0 heterocycles. The Hall–Kier alpha value is -1.31. The third-order valence-corrected chi connectivity index (χ3v) is 3.22. The quantitative estimate of drug-likeness (QED) is 0.516. The lowest BCUT2D eigenvalue weighted by Crippen LogP contribution is -2.01. The Bertz CT molecular complexity index is 354.